The molecule has 2 aliphatic rings. The highest BCUT2D eigenvalue weighted by Crippen LogP contribution is 2.27. The zero-order chi connectivity index (χ0) is 17.4. The molecule has 1 aliphatic heterocycles. The lowest BCUT2D eigenvalue weighted by Crippen LogP contribution is -2.36. The van der Waals surface area contributed by atoms with Gasteiger partial charge < -0.3 is 14.5 Å². The molecule has 2 aromatic rings. The molecule has 0 fully saturated rings. The third kappa shape index (κ3) is 2.92. The van der Waals surface area contributed by atoms with Crippen LogP contribution in [0, 0.1) is 0 Å². The van der Waals surface area contributed by atoms with Crippen LogP contribution in [0.5, 0.6) is 0 Å². The molecule has 25 heavy (non-hydrogen) atoms. The van der Waals surface area contributed by atoms with Crippen LogP contribution in [0.15, 0.2) is 22.7 Å². The van der Waals surface area contributed by atoms with Crippen LogP contribution >= 0.6 is 0 Å². The fraction of sp³-hybridized carbons (Fsp3) is 0.421. The van der Waals surface area contributed by atoms with Crippen molar-refractivity contribution in [1.29, 1.82) is 0 Å². The molecule has 1 aromatic heterocycles. The summed E-state index contributed by atoms with van der Waals surface area (Å²) >= 11 is 0. The predicted octanol–water partition coefficient (Wildman–Crippen LogP) is 2.84. The largest absolute Gasteiger partial charge is 0.478 e. The summed E-state index contributed by atoms with van der Waals surface area (Å²) in [6.45, 7) is 1.02. The number of amides is 1. The summed E-state index contributed by atoms with van der Waals surface area (Å²) in [5.74, 6) is -0.210. The van der Waals surface area contributed by atoms with Gasteiger partial charge in [-0.25, -0.2) is 4.79 Å². The minimum atomic E-state index is -0.951. The Balaban J connectivity index is 1.59. The number of benzene rings is 1. The highest BCUT2D eigenvalue weighted by atomic mass is 16.5. The Kier molecular flexibility index (Phi) is 4.03. The van der Waals surface area contributed by atoms with E-state index in [2.05, 4.69) is 5.16 Å². The predicted molar refractivity (Wildman–Crippen MR) is 89.6 cm³/mol. The van der Waals surface area contributed by atoms with Crippen LogP contribution < -0.4 is 0 Å². The van der Waals surface area contributed by atoms with E-state index in [-0.39, 0.29) is 11.5 Å². The normalized spacial score (nSPS) is 16.7. The van der Waals surface area contributed by atoms with Crippen molar-refractivity contribution in [2.45, 2.75) is 45.1 Å². The van der Waals surface area contributed by atoms with Crippen molar-refractivity contribution in [1.82, 2.24) is 10.1 Å². The van der Waals surface area contributed by atoms with Gasteiger partial charge in [-0.2, -0.15) is 0 Å². The molecular weight excluding hydrogens is 320 g/mol. The van der Waals surface area contributed by atoms with E-state index in [4.69, 9.17) is 9.63 Å². The van der Waals surface area contributed by atoms with E-state index in [0.29, 0.717) is 18.8 Å². The summed E-state index contributed by atoms with van der Waals surface area (Å²) in [7, 11) is 0. The molecule has 0 bridgehead atoms. The molecule has 0 saturated carbocycles. The molecular formula is C19H20N2O4. The van der Waals surface area contributed by atoms with E-state index < -0.39 is 5.97 Å². The molecule has 0 atom stereocenters. The standard InChI is InChI=1S/C19H20N2O4/c22-18(17-15-4-2-1-3-5-16(15)25-20-17)21-9-8-12-6-7-13(19(23)24)10-14(12)11-21/h6-7,10H,1-5,8-9,11H2,(H,23,24). The van der Waals surface area contributed by atoms with E-state index >= 15 is 0 Å². The first-order chi connectivity index (χ1) is 12.1. The van der Waals surface area contributed by atoms with Crippen molar-refractivity contribution in [3.8, 4) is 0 Å². The number of rotatable bonds is 2. The second-order valence-electron chi connectivity index (χ2n) is 6.76. The van der Waals surface area contributed by atoms with Crippen molar-refractivity contribution >= 4 is 11.9 Å². The molecule has 0 saturated heterocycles. The first kappa shape index (κ1) is 15.9. The number of carbonyl (C=O) groups excluding carboxylic acids is 1. The van der Waals surface area contributed by atoms with E-state index in [1.54, 1.807) is 17.0 Å². The van der Waals surface area contributed by atoms with E-state index in [0.717, 1.165) is 61.0 Å². The van der Waals surface area contributed by atoms with Gasteiger partial charge in [-0.15, -0.1) is 0 Å². The molecule has 2 heterocycles. The number of aryl methyl sites for hydroxylation is 1. The minimum absolute atomic E-state index is 0.113. The van der Waals surface area contributed by atoms with Crippen LogP contribution in [0.3, 0.4) is 0 Å². The third-order valence-electron chi connectivity index (χ3n) is 5.16. The Morgan fingerprint density at radius 2 is 1.92 bits per heavy atom. The van der Waals surface area contributed by atoms with Crippen LogP contribution in [-0.2, 0) is 25.8 Å². The Bertz CT molecular complexity index is 840. The quantitative estimate of drug-likeness (QED) is 0.850. The van der Waals surface area contributed by atoms with Gasteiger partial charge in [-0.1, -0.05) is 17.6 Å². The van der Waals surface area contributed by atoms with Crippen molar-refractivity contribution in [2.24, 2.45) is 0 Å². The average molecular weight is 340 g/mol. The molecule has 0 spiro atoms. The van der Waals surface area contributed by atoms with Crippen LogP contribution in [0.4, 0.5) is 0 Å². The lowest BCUT2D eigenvalue weighted by molar-refractivity contribution is 0.0696. The number of nitrogens with zero attached hydrogens (tertiary/aromatic N) is 2. The van der Waals surface area contributed by atoms with Gasteiger partial charge in [0.1, 0.15) is 5.76 Å². The molecule has 4 rings (SSSR count). The fourth-order valence-electron chi connectivity index (χ4n) is 3.74. The SMILES string of the molecule is O=C(O)c1ccc2c(c1)CN(C(=O)c1noc3c1CCCCC3)CC2. The smallest absolute Gasteiger partial charge is 0.335 e. The number of carboxylic acids is 1. The number of aromatic nitrogens is 1. The second-order valence-corrected chi connectivity index (χ2v) is 6.76. The van der Waals surface area contributed by atoms with Gasteiger partial charge in [0.15, 0.2) is 5.69 Å². The second kappa shape index (κ2) is 6.35. The molecule has 0 unspecified atom stereocenters. The Morgan fingerprint density at radius 3 is 2.76 bits per heavy atom. The average Bonchev–Trinajstić information content (AvgIpc) is 2.88. The van der Waals surface area contributed by atoms with Crippen molar-refractivity contribution in [3.63, 3.8) is 0 Å². The van der Waals surface area contributed by atoms with Crippen molar-refractivity contribution in [3.05, 3.63) is 51.9 Å². The number of hydrogen-bond donors (Lipinski definition) is 1. The molecule has 1 amide bonds. The Hall–Kier alpha value is -2.63. The van der Waals surface area contributed by atoms with Crippen molar-refractivity contribution < 1.29 is 19.2 Å². The van der Waals surface area contributed by atoms with E-state index in [9.17, 15) is 9.59 Å². The zero-order valence-electron chi connectivity index (χ0n) is 14.0. The van der Waals surface area contributed by atoms with Crippen LogP contribution in [0.2, 0.25) is 0 Å². The third-order valence-corrected chi connectivity index (χ3v) is 5.16. The first-order valence-corrected chi connectivity index (χ1v) is 8.75. The number of hydrogen-bond acceptors (Lipinski definition) is 4. The molecule has 1 N–H and O–H groups in total. The first-order valence-electron chi connectivity index (χ1n) is 8.75. The topological polar surface area (TPSA) is 83.6 Å². The summed E-state index contributed by atoms with van der Waals surface area (Å²) < 4.78 is 5.42. The molecule has 0 radical (unpaired) electrons. The number of carboxylic acid groups (broad SMARTS) is 1. The number of fused-ring (bicyclic) bond motifs is 2. The Morgan fingerprint density at radius 1 is 1.08 bits per heavy atom. The number of aromatic carboxylic acids is 1. The summed E-state index contributed by atoms with van der Waals surface area (Å²) in [6, 6.07) is 5.14. The van der Waals surface area contributed by atoms with Gasteiger partial charge in [0.05, 0.1) is 5.56 Å². The molecule has 1 aromatic carbocycles. The van der Waals surface area contributed by atoms with Gasteiger partial charge in [-0.3, -0.25) is 4.79 Å². The lowest BCUT2D eigenvalue weighted by Gasteiger charge is -2.28. The molecule has 6 heteroatoms. The van der Waals surface area contributed by atoms with Gasteiger partial charge in [0, 0.05) is 25.1 Å². The lowest BCUT2D eigenvalue weighted by atomic mass is 9.96. The van der Waals surface area contributed by atoms with Gasteiger partial charge >= 0.3 is 5.97 Å². The summed E-state index contributed by atoms with van der Waals surface area (Å²) in [6.07, 6.45) is 5.69. The minimum Gasteiger partial charge on any atom is -0.478 e. The summed E-state index contributed by atoms with van der Waals surface area (Å²) in [4.78, 5) is 25.9. The summed E-state index contributed by atoms with van der Waals surface area (Å²) in [5.41, 5.74) is 3.66. The molecule has 130 valence electrons. The van der Waals surface area contributed by atoms with Crippen LogP contribution in [-0.4, -0.2) is 33.6 Å². The number of carbonyl (C=O) groups is 2. The van der Waals surface area contributed by atoms with Gasteiger partial charge in [0.2, 0.25) is 0 Å². The molecule has 6 nitrogen and oxygen atoms in total. The van der Waals surface area contributed by atoms with E-state index in [1.807, 2.05) is 6.07 Å². The van der Waals surface area contributed by atoms with Gasteiger partial charge in [-0.05, 0) is 48.9 Å². The van der Waals surface area contributed by atoms with Gasteiger partial charge in [0.25, 0.3) is 5.91 Å². The maximum absolute atomic E-state index is 13.0. The van der Waals surface area contributed by atoms with Crippen LogP contribution in [0.25, 0.3) is 0 Å². The maximum atomic E-state index is 13.0. The van der Waals surface area contributed by atoms with Crippen LogP contribution in [0.1, 0.15) is 62.6 Å². The zero-order valence-corrected chi connectivity index (χ0v) is 14.0. The highest BCUT2D eigenvalue weighted by molar-refractivity contribution is 5.94. The maximum Gasteiger partial charge on any atom is 0.335 e. The monoisotopic (exact) mass is 340 g/mol. The van der Waals surface area contributed by atoms with E-state index in [1.165, 1.54) is 0 Å². The molecule has 1 aliphatic carbocycles. The van der Waals surface area contributed by atoms with Crippen molar-refractivity contribution in [2.75, 3.05) is 6.54 Å². The fourth-order valence-corrected chi connectivity index (χ4v) is 3.74. The highest BCUT2D eigenvalue weighted by Gasteiger charge is 2.29. The summed E-state index contributed by atoms with van der Waals surface area (Å²) in [5, 5.41) is 13.2. The Labute approximate surface area is 145 Å².